The molecule has 0 unspecified atom stereocenters. The molecule has 0 fully saturated rings. The second-order valence-electron chi connectivity index (χ2n) is 2.66. The predicted molar refractivity (Wildman–Crippen MR) is 46.9 cm³/mol. The largest absolute Gasteiger partial charge is 0.497 e. The van der Waals surface area contributed by atoms with Gasteiger partial charge in [-0.05, 0) is 31.0 Å². The molecule has 2 heteroatoms. The molecule has 0 atom stereocenters. The summed E-state index contributed by atoms with van der Waals surface area (Å²) < 4.78 is 5.05. The van der Waals surface area contributed by atoms with Crippen LogP contribution in [0.5, 0.6) is 5.75 Å². The van der Waals surface area contributed by atoms with Gasteiger partial charge < -0.3 is 10.5 Å². The van der Waals surface area contributed by atoms with E-state index < -0.39 is 0 Å². The quantitative estimate of drug-likeness (QED) is 0.622. The number of anilines is 1. The van der Waals surface area contributed by atoms with Crippen LogP contribution in [0, 0.1) is 13.8 Å². The molecule has 0 spiro atoms. The molecule has 0 bridgehead atoms. The molecule has 0 saturated heterocycles. The van der Waals surface area contributed by atoms with Gasteiger partial charge in [0.1, 0.15) is 5.75 Å². The van der Waals surface area contributed by atoms with Crippen molar-refractivity contribution >= 4 is 5.69 Å². The van der Waals surface area contributed by atoms with Gasteiger partial charge in [-0.3, -0.25) is 0 Å². The van der Waals surface area contributed by atoms with E-state index >= 15 is 0 Å². The van der Waals surface area contributed by atoms with Gasteiger partial charge in [-0.25, -0.2) is 0 Å². The number of hydrogen-bond donors (Lipinski definition) is 1. The lowest BCUT2D eigenvalue weighted by Gasteiger charge is -2.06. The SMILES string of the molecule is COc1cc(C)c(C)c(N)c1. The number of nitrogen functional groups attached to an aromatic ring is 1. The van der Waals surface area contributed by atoms with E-state index in [1.54, 1.807) is 7.11 Å². The van der Waals surface area contributed by atoms with Crippen molar-refractivity contribution in [2.24, 2.45) is 0 Å². The zero-order valence-electron chi connectivity index (χ0n) is 7.14. The third kappa shape index (κ3) is 1.45. The van der Waals surface area contributed by atoms with E-state index in [9.17, 15) is 0 Å². The van der Waals surface area contributed by atoms with E-state index in [1.165, 1.54) is 5.56 Å². The average molecular weight is 151 g/mol. The summed E-state index contributed by atoms with van der Waals surface area (Å²) in [4.78, 5) is 0. The summed E-state index contributed by atoms with van der Waals surface area (Å²) in [5.41, 5.74) is 8.81. The Labute approximate surface area is 67.0 Å². The predicted octanol–water partition coefficient (Wildman–Crippen LogP) is 1.89. The van der Waals surface area contributed by atoms with Crippen LogP contribution in [0.1, 0.15) is 11.1 Å². The van der Waals surface area contributed by atoms with Crippen LogP contribution >= 0.6 is 0 Å². The molecule has 0 aromatic heterocycles. The molecule has 0 amide bonds. The summed E-state index contributed by atoms with van der Waals surface area (Å²) in [6, 6.07) is 3.81. The molecule has 0 saturated carbocycles. The highest BCUT2D eigenvalue weighted by Crippen LogP contribution is 2.22. The highest BCUT2D eigenvalue weighted by molar-refractivity contribution is 5.54. The van der Waals surface area contributed by atoms with E-state index in [2.05, 4.69) is 0 Å². The molecule has 1 aromatic carbocycles. The van der Waals surface area contributed by atoms with Crippen molar-refractivity contribution in [2.45, 2.75) is 13.8 Å². The first-order valence-corrected chi connectivity index (χ1v) is 3.56. The molecule has 2 N–H and O–H groups in total. The molecule has 0 radical (unpaired) electrons. The first-order valence-electron chi connectivity index (χ1n) is 3.56. The topological polar surface area (TPSA) is 35.2 Å². The molecule has 60 valence electrons. The van der Waals surface area contributed by atoms with Crippen LogP contribution in [-0.2, 0) is 0 Å². The normalized spacial score (nSPS) is 9.73. The summed E-state index contributed by atoms with van der Waals surface area (Å²) in [5, 5.41) is 0. The minimum Gasteiger partial charge on any atom is -0.497 e. The Kier molecular flexibility index (Phi) is 2.03. The minimum atomic E-state index is 0.793. The van der Waals surface area contributed by atoms with Gasteiger partial charge in [0.15, 0.2) is 0 Å². The van der Waals surface area contributed by atoms with Gasteiger partial charge >= 0.3 is 0 Å². The minimum absolute atomic E-state index is 0.793. The Balaban J connectivity index is 3.21. The van der Waals surface area contributed by atoms with Crippen molar-refractivity contribution in [3.05, 3.63) is 23.3 Å². The van der Waals surface area contributed by atoms with Crippen molar-refractivity contribution in [3.63, 3.8) is 0 Å². The molecule has 1 rings (SSSR count). The van der Waals surface area contributed by atoms with Gasteiger partial charge in [0.05, 0.1) is 7.11 Å². The zero-order valence-corrected chi connectivity index (χ0v) is 7.14. The second kappa shape index (κ2) is 2.82. The smallest absolute Gasteiger partial charge is 0.121 e. The average Bonchev–Trinajstić information content (AvgIpc) is 1.99. The molecule has 2 nitrogen and oxygen atoms in total. The van der Waals surface area contributed by atoms with Gasteiger partial charge in [0, 0.05) is 11.8 Å². The zero-order chi connectivity index (χ0) is 8.43. The molecule has 0 aliphatic carbocycles. The van der Waals surface area contributed by atoms with Crippen molar-refractivity contribution in [1.82, 2.24) is 0 Å². The fourth-order valence-electron chi connectivity index (χ4n) is 0.970. The van der Waals surface area contributed by atoms with E-state index in [0.29, 0.717) is 0 Å². The maximum absolute atomic E-state index is 5.72. The standard InChI is InChI=1S/C9H13NO/c1-6-4-8(11-3)5-9(10)7(6)2/h4-5H,10H2,1-3H3. The number of aryl methyl sites for hydroxylation is 1. The number of hydrogen-bond acceptors (Lipinski definition) is 2. The molecule has 0 aliphatic heterocycles. The molecule has 0 heterocycles. The first-order chi connectivity index (χ1) is 5.15. The highest BCUT2D eigenvalue weighted by atomic mass is 16.5. The lowest BCUT2D eigenvalue weighted by molar-refractivity contribution is 0.414. The Morgan fingerprint density at radius 3 is 2.36 bits per heavy atom. The summed E-state index contributed by atoms with van der Waals surface area (Å²) in [6.45, 7) is 4.03. The molecular formula is C9H13NO. The van der Waals surface area contributed by atoms with E-state index in [4.69, 9.17) is 10.5 Å². The summed E-state index contributed by atoms with van der Waals surface area (Å²) in [5.74, 6) is 0.825. The first kappa shape index (κ1) is 7.92. The van der Waals surface area contributed by atoms with Crippen LogP contribution < -0.4 is 10.5 Å². The number of methoxy groups -OCH3 is 1. The lowest BCUT2D eigenvalue weighted by atomic mass is 10.1. The maximum Gasteiger partial charge on any atom is 0.121 e. The van der Waals surface area contributed by atoms with Crippen molar-refractivity contribution in [3.8, 4) is 5.75 Å². The van der Waals surface area contributed by atoms with Crippen LogP contribution in [0.4, 0.5) is 5.69 Å². The molecule has 11 heavy (non-hydrogen) atoms. The van der Waals surface area contributed by atoms with E-state index in [0.717, 1.165) is 17.0 Å². The highest BCUT2D eigenvalue weighted by Gasteiger charge is 2.00. The van der Waals surface area contributed by atoms with Gasteiger partial charge in [-0.2, -0.15) is 0 Å². The van der Waals surface area contributed by atoms with Gasteiger partial charge in [-0.1, -0.05) is 0 Å². The van der Waals surface area contributed by atoms with Crippen molar-refractivity contribution in [1.29, 1.82) is 0 Å². The number of ether oxygens (including phenoxy) is 1. The summed E-state index contributed by atoms with van der Waals surface area (Å²) >= 11 is 0. The lowest BCUT2D eigenvalue weighted by Crippen LogP contribution is -1.94. The number of nitrogens with two attached hydrogens (primary N) is 1. The van der Waals surface area contributed by atoms with Gasteiger partial charge in [0.25, 0.3) is 0 Å². The number of rotatable bonds is 1. The molecule has 0 aliphatic rings. The fraction of sp³-hybridized carbons (Fsp3) is 0.333. The summed E-state index contributed by atoms with van der Waals surface area (Å²) in [7, 11) is 1.64. The Hall–Kier alpha value is -1.18. The van der Waals surface area contributed by atoms with E-state index in [-0.39, 0.29) is 0 Å². The second-order valence-corrected chi connectivity index (χ2v) is 2.66. The fourth-order valence-corrected chi connectivity index (χ4v) is 0.970. The van der Waals surface area contributed by atoms with Gasteiger partial charge in [-0.15, -0.1) is 0 Å². The van der Waals surface area contributed by atoms with Crippen LogP contribution in [0.2, 0.25) is 0 Å². The Morgan fingerprint density at radius 2 is 1.91 bits per heavy atom. The van der Waals surface area contributed by atoms with E-state index in [1.807, 2.05) is 26.0 Å². The van der Waals surface area contributed by atoms with Crippen LogP contribution in [0.3, 0.4) is 0 Å². The van der Waals surface area contributed by atoms with Crippen molar-refractivity contribution < 1.29 is 4.74 Å². The maximum atomic E-state index is 5.72. The Bertz CT molecular complexity index is 245. The monoisotopic (exact) mass is 151 g/mol. The third-order valence-corrected chi connectivity index (χ3v) is 1.92. The molecular weight excluding hydrogens is 138 g/mol. The van der Waals surface area contributed by atoms with Crippen LogP contribution in [0.15, 0.2) is 12.1 Å². The Morgan fingerprint density at radius 1 is 1.27 bits per heavy atom. The molecule has 1 aromatic rings. The summed E-state index contributed by atoms with van der Waals surface area (Å²) in [6.07, 6.45) is 0. The van der Waals surface area contributed by atoms with Crippen LogP contribution in [0.25, 0.3) is 0 Å². The van der Waals surface area contributed by atoms with Crippen LogP contribution in [-0.4, -0.2) is 7.11 Å². The third-order valence-electron chi connectivity index (χ3n) is 1.92. The van der Waals surface area contributed by atoms with Crippen molar-refractivity contribution in [2.75, 3.05) is 12.8 Å². The van der Waals surface area contributed by atoms with Gasteiger partial charge in [0.2, 0.25) is 0 Å². The number of benzene rings is 1.